The van der Waals surface area contributed by atoms with Crippen molar-refractivity contribution in [1.29, 1.82) is 0 Å². The second-order valence-electron chi connectivity index (χ2n) is 7.08. The lowest BCUT2D eigenvalue weighted by Crippen LogP contribution is -2.52. The predicted molar refractivity (Wildman–Crippen MR) is 106 cm³/mol. The van der Waals surface area contributed by atoms with Crippen molar-refractivity contribution in [1.82, 2.24) is 10.6 Å². The minimum absolute atomic E-state index is 0. The second-order valence-corrected chi connectivity index (χ2v) is 9.78. The molecular weight excluding hydrogens is 395 g/mol. The number of rotatable bonds is 5. The lowest BCUT2D eigenvalue weighted by atomic mass is 9.99. The van der Waals surface area contributed by atoms with Crippen molar-refractivity contribution in [3.63, 3.8) is 0 Å². The number of benzene rings is 1. The summed E-state index contributed by atoms with van der Waals surface area (Å²) in [5.74, 6) is 0.0277. The van der Waals surface area contributed by atoms with Crippen LogP contribution < -0.4 is 10.6 Å². The van der Waals surface area contributed by atoms with Gasteiger partial charge >= 0.3 is 0 Å². The van der Waals surface area contributed by atoms with Gasteiger partial charge in [-0.2, -0.15) is 0 Å². The molecule has 1 amide bonds. The van der Waals surface area contributed by atoms with Crippen LogP contribution in [0.3, 0.4) is 0 Å². The summed E-state index contributed by atoms with van der Waals surface area (Å²) >= 11 is 5.87. The van der Waals surface area contributed by atoms with Crippen LogP contribution in [0.25, 0.3) is 0 Å². The van der Waals surface area contributed by atoms with Gasteiger partial charge in [0.1, 0.15) is 0 Å². The maximum atomic E-state index is 13.2. The summed E-state index contributed by atoms with van der Waals surface area (Å²) in [6, 6.07) is 6.11. The Hall–Kier alpha value is -0.820. The van der Waals surface area contributed by atoms with Gasteiger partial charge in [0.2, 0.25) is 5.91 Å². The molecule has 1 atom stereocenters. The third-order valence-corrected chi connectivity index (χ3v) is 8.18. The molecular formula is C18H26Cl2N2O3S. The Morgan fingerprint density at radius 1 is 1.19 bits per heavy atom. The van der Waals surface area contributed by atoms with Gasteiger partial charge < -0.3 is 10.6 Å². The lowest BCUT2D eigenvalue weighted by Gasteiger charge is -2.29. The van der Waals surface area contributed by atoms with Crippen LogP contribution >= 0.6 is 24.0 Å². The number of halogens is 2. The highest BCUT2D eigenvalue weighted by atomic mass is 35.5. The van der Waals surface area contributed by atoms with Crippen LogP contribution in [0.2, 0.25) is 5.02 Å². The summed E-state index contributed by atoms with van der Waals surface area (Å²) < 4.78 is 25.1. The van der Waals surface area contributed by atoms with E-state index < -0.39 is 14.6 Å². The van der Waals surface area contributed by atoms with Crippen LogP contribution in [-0.4, -0.2) is 38.7 Å². The standard InChI is InChI=1S/C18H25ClN2O3S.ClH/c19-15-5-7-16(8-6-15)25(23,24)18(9-1-2-10-18)17(22)21-13-14-4-3-11-20-12-14;/h5-8,14,20H,1-4,9-13H2,(H,21,22);1H. The molecule has 1 aromatic rings. The van der Waals surface area contributed by atoms with Gasteiger partial charge in [-0.25, -0.2) is 8.42 Å². The highest BCUT2D eigenvalue weighted by Gasteiger charge is 2.52. The van der Waals surface area contributed by atoms with Crippen LogP contribution in [0, 0.1) is 5.92 Å². The summed E-state index contributed by atoms with van der Waals surface area (Å²) in [5, 5.41) is 6.74. The molecule has 0 spiro atoms. The first kappa shape index (κ1) is 21.5. The van der Waals surface area contributed by atoms with E-state index in [4.69, 9.17) is 11.6 Å². The first-order valence-electron chi connectivity index (χ1n) is 8.95. The Morgan fingerprint density at radius 2 is 1.85 bits per heavy atom. The summed E-state index contributed by atoms with van der Waals surface area (Å²) in [6.07, 6.45) is 4.43. The molecule has 0 aromatic heterocycles. The van der Waals surface area contributed by atoms with Gasteiger partial charge in [0.25, 0.3) is 0 Å². The third kappa shape index (κ3) is 4.19. The maximum Gasteiger partial charge on any atom is 0.241 e. The highest BCUT2D eigenvalue weighted by molar-refractivity contribution is 7.93. The molecule has 2 fully saturated rings. The van der Waals surface area contributed by atoms with E-state index in [0.717, 1.165) is 38.8 Å². The Balaban J connectivity index is 0.00000243. The van der Waals surface area contributed by atoms with Crippen molar-refractivity contribution in [2.45, 2.75) is 48.2 Å². The molecule has 1 aliphatic carbocycles. The average molecular weight is 421 g/mol. The molecule has 26 heavy (non-hydrogen) atoms. The normalized spacial score (nSPS) is 22.4. The van der Waals surface area contributed by atoms with Crippen molar-refractivity contribution in [2.75, 3.05) is 19.6 Å². The van der Waals surface area contributed by atoms with E-state index in [0.29, 0.717) is 30.3 Å². The van der Waals surface area contributed by atoms with Gasteiger partial charge in [0.05, 0.1) is 4.90 Å². The summed E-state index contributed by atoms with van der Waals surface area (Å²) in [6.45, 7) is 2.42. The van der Waals surface area contributed by atoms with Crippen LogP contribution in [0.4, 0.5) is 0 Å². The SMILES string of the molecule is Cl.O=C(NCC1CCCNC1)C1(S(=O)(=O)c2ccc(Cl)cc2)CCCC1. The van der Waals surface area contributed by atoms with Crippen LogP contribution in [-0.2, 0) is 14.6 Å². The van der Waals surface area contributed by atoms with E-state index in [1.807, 2.05) is 0 Å². The van der Waals surface area contributed by atoms with Gasteiger partial charge in [-0.3, -0.25) is 4.79 Å². The number of hydrogen-bond acceptors (Lipinski definition) is 4. The van der Waals surface area contributed by atoms with E-state index in [1.54, 1.807) is 12.1 Å². The smallest absolute Gasteiger partial charge is 0.241 e. The van der Waals surface area contributed by atoms with Crippen molar-refractivity contribution in [2.24, 2.45) is 5.92 Å². The molecule has 1 saturated heterocycles. The first-order valence-corrected chi connectivity index (χ1v) is 10.8. The van der Waals surface area contributed by atoms with Gasteiger partial charge in [-0.15, -0.1) is 12.4 Å². The zero-order valence-electron chi connectivity index (χ0n) is 14.7. The molecule has 1 aromatic carbocycles. The van der Waals surface area contributed by atoms with Crippen molar-refractivity contribution in [3.05, 3.63) is 29.3 Å². The molecule has 1 aliphatic heterocycles. The van der Waals surface area contributed by atoms with Crippen LogP contribution in [0.15, 0.2) is 29.2 Å². The van der Waals surface area contributed by atoms with Crippen molar-refractivity contribution >= 4 is 39.8 Å². The molecule has 2 aliphatic rings. The van der Waals surface area contributed by atoms with Crippen molar-refractivity contribution < 1.29 is 13.2 Å². The average Bonchev–Trinajstić information content (AvgIpc) is 3.13. The number of carbonyl (C=O) groups excluding carboxylic acids is 1. The lowest BCUT2D eigenvalue weighted by molar-refractivity contribution is -0.123. The number of hydrogen-bond donors (Lipinski definition) is 2. The molecule has 3 rings (SSSR count). The zero-order chi connectivity index (χ0) is 17.9. The molecule has 146 valence electrons. The Bertz CT molecular complexity index is 710. The van der Waals surface area contributed by atoms with Crippen molar-refractivity contribution in [3.8, 4) is 0 Å². The minimum Gasteiger partial charge on any atom is -0.354 e. The molecule has 1 saturated carbocycles. The molecule has 0 radical (unpaired) electrons. The number of carbonyl (C=O) groups is 1. The van der Waals surface area contributed by atoms with Crippen LogP contribution in [0.5, 0.6) is 0 Å². The van der Waals surface area contributed by atoms with E-state index in [-0.39, 0.29) is 23.2 Å². The maximum absolute atomic E-state index is 13.2. The highest BCUT2D eigenvalue weighted by Crippen LogP contribution is 2.41. The summed E-state index contributed by atoms with van der Waals surface area (Å²) in [7, 11) is -3.76. The molecule has 1 heterocycles. The quantitative estimate of drug-likeness (QED) is 0.767. The number of amides is 1. The monoisotopic (exact) mass is 420 g/mol. The van der Waals surface area contributed by atoms with Crippen LogP contribution in [0.1, 0.15) is 38.5 Å². The Labute approximate surface area is 166 Å². The van der Waals surface area contributed by atoms with Gasteiger partial charge in [-0.05, 0) is 69.0 Å². The molecule has 1 unspecified atom stereocenters. The zero-order valence-corrected chi connectivity index (χ0v) is 17.1. The number of sulfone groups is 1. The predicted octanol–water partition coefficient (Wildman–Crippen LogP) is 2.96. The van der Waals surface area contributed by atoms with E-state index in [9.17, 15) is 13.2 Å². The van der Waals surface area contributed by atoms with Gasteiger partial charge in [0.15, 0.2) is 14.6 Å². The topological polar surface area (TPSA) is 75.3 Å². The Kier molecular flexibility index (Phi) is 7.36. The molecule has 0 bridgehead atoms. The fourth-order valence-electron chi connectivity index (χ4n) is 3.90. The second kappa shape index (κ2) is 8.91. The molecule has 2 N–H and O–H groups in total. The van der Waals surface area contributed by atoms with Gasteiger partial charge in [-0.1, -0.05) is 24.4 Å². The first-order chi connectivity index (χ1) is 12.0. The van der Waals surface area contributed by atoms with E-state index in [2.05, 4.69) is 10.6 Å². The number of piperidine rings is 1. The Morgan fingerprint density at radius 3 is 2.42 bits per heavy atom. The molecule has 5 nitrogen and oxygen atoms in total. The third-order valence-electron chi connectivity index (χ3n) is 5.41. The van der Waals surface area contributed by atoms with E-state index in [1.165, 1.54) is 12.1 Å². The minimum atomic E-state index is -3.76. The fourth-order valence-corrected chi connectivity index (χ4v) is 6.11. The largest absolute Gasteiger partial charge is 0.354 e. The van der Waals surface area contributed by atoms with E-state index >= 15 is 0 Å². The summed E-state index contributed by atoms with van der Waals surface area (Å²) in [4.78, 5) is 13.1. The fraction of sp³-hybridized carbons (Fsp3) is 0.611. The van der Waals surface area contributed by atoms with Gasteiger partial charge in [0, 0.05) is 11.6 Å². The number of nitrogens with one attached hydrogen (secondary N) is 2. The molecule has 8 heteroatoms. The summed E-state index contributed by atoms with van der Waals surface area (Å²) in [5.41, 5.74) is 0.